The lowest BCUT2D eigenvalue weighted by Crippen LogP contribution is -2.15. The molecule has 5 nitrogen and oxygen atoms in total. The fourth-order valence-electron chi connectivity index (χ4n) is 0.925. The predicted molar refractivity (Wildman–Crippen MR) is 58.8 cm³/mol. The molecule has 82 valence electrons. The van der Waals surface area contributed by atoms with Crippen molar-refractivity contribution >= 4 is 23.3 Å². The maximum atomic E-state index is 11.4. The van der Waals surface area contributed by atoms with Gasteiger partial charge in [0.15, 0.2) is 5.57 Å². The Bertz CT molecular complexity index is 470. The number of carbonyl (C=O) groups excluding carboxylic acids is 1. The van der Waals surface area contributed by atoms with Crippen LogP contribution in [0.5, 0.6) is 0 Å². The van der Waals surface area contributed by atoms with Crippen molar-refractivity contribution in [3.8, 4) is 6.07 Å². The Labute approximate surface area is 97.0 Å². The molecule has 1 heterocycles. The van der Waals surface area contributed by atoms with Crippen LogP contribution in [0.1, 0.15) is 6.92 Å². The van der Waals surface area contributed by atoms with Gasteiger partial charge >= 0.3 is 0 Å². The third kappa shape index (κ3) is 2.97. The van der Waals surface area contributed by atoms with Gasteiger partial charge in [-0.15, -0.1) is 0 Å². The Hall–Kier alpha value is -2.06. The molecule has 6 heteroatoms. The molecule has 1 aromatic rings. The third-order valence-electron chi connectivity index (χ3n) is 1.67. The standard InChI is InChI=1S/C10H8ClN3O2/c1-6(15)8(4-12)10(16)14-9-3-2-7(11)5-13-9/h2-3,5,15H,1H3,(H,13,14,16)/b8-6-. The summed E-state index contributed by atoms with van der Waals surface area (Å²) in [5.74, 6) is -0.797. The lowest BCUT2D eigenvalue weighted by atomic mass is 10.2. The first kappa shape index (κ1) is 12.0. The van der Waals surface area contributed by atoms with E-state index < -0.39 is 5.91 Å². The molecule has 0 spiro atoms. The number of carbonyl (C=O) groups is 1. The zero-order chi connectivity index (χ0) is 12.1. The monoisotopic (exact) mass is 237 g/mol. The number of allylic oxidation sites excluding steroid dienone is 1. The lowest BCUT2D eigenvalue weighted by Gasteiger charge is -2.03. The van der Waals surface area contributed by atoms with Crippen molar-refractivity contribution in [2.24, 2.45) is 0 Å². The van der Waals surface area contributed by atoms with Crippen LogP contribution in [0.3, 0.4) is 0 Å². The van der Waals surface area contributed by atoms with Gasteiger partial charge in [0.1, 0.15) is 17.6 Å². The fraction of sp³-hybridized carbons (Fsp3) is 0.100. The van der Waals surface area contributed by atoms with Crippen LogP contribution in [0.4, 0.5) is 5.82 Å². The molecule has 0 fully saturated rings. The summed E-state index contributed by atoms with van der Waals surface area (Å²) in [6.07, 6.45) is 1.36. The zero-order valence-corrected chi connectivity index (χ0v) is 9.12. The van der Waals surface area contributed by atoms with Crippen molar-refractivity contribution in [2.75, 3.05) is 5.32 Å². The van der Waals surface area contributed by atoms with Crippen LogP contribution in [0.25, 0.3) is 0 Å². The van der Waals surface area contributed by atoms with Crippen molar-refractivity contribution in [2.45, 2.75) is 6.92 Å². The Kier molecular flexibility index (Phi) is 3.86. The lowest BCUT2D eigenvalue weighted by molar-refractivity contribution is -0.112. The molecule has 0 aliphatic rings. The number of nitrogens with zero attached hydrogens (tertiary/aromatic N) is 2. The number of aromatic nitrogens is 1. The van der Waals surface area contributed by atoms with E-state index in [2.05, 4.69) is 10.3 Å². The first-order valence-corrected chi connectivity index (χ1v) is 4.65. The largest absolute Gasteiger partial charge is 0.511 e. The highest BCUT2D eigenvalue weighted by Gasteiger charge is 2.12. The highest BCUT2D eigenvalue weighted by atomic mass is 35.5. The normalized spacial score (nSPS) is 11.3. The summed E-state index contributed by atoms with van der Waals surface area (Å²) < 4.78 is 0. The molecule has 0 aliphatic heterocycles. The first-order chi connectivity index (χ1) is 7.54. The topological polar surface area (TPSA) is 86.0 Å². The molecule has 0 unspecified atom stereocenters. The summed E-state index contributed by atoms with van der Waals surface area (Å²) in [7, 11) is 0. The predicted octanol–water partition coefficient (Wildman–Crippen LogP) is 2.03. The molecule has 0 saturated carbocycles. The maximum absolute atomic E-state index is 11.4. The molecule has 0 radical (unpaired) electrons. The Balaban J connectivity index is 2.84. The van der Waals surface area contributed by atoms with Crippen LogP contribution in [-0.4, -0.2) is 16.0 Å². The number of hydrogen-bond donors (Lipinski definition) is 2. The van der Waals surface area contributed by atoms with E-state index in [1.807, 2.05) is 0 Å². The molecule has 16 heavy (non-hydrogen) atoms. The Morgan fingerprint density at radius 2 is 2.31 bits per heavy atom. The second kappa shape index (κ2) is 5.14. The van der Waals surface area contributed by atoms with Gasteiger partial charge in [-0.2, -0.15) is 5.26 Å². The van der Waals surface area contributed by atoms with E-state index in [1.54, 1.807) is 12.1 Å². The summed E-state index contributed by atoms with van der Waals surface area (Å²) in [5, 5.41) is 20.5. The minimum atomic E-state index is -0.711. The highest BCUT2D eigenvalue weighted by Crippen LogP contribution is 2.11. The van der Waals surface area contributed by atoms with Gasteiger partial charge in [0.05, 0.1) is 5.02 Å². The van der Waals surface area contributed by atoms with Gasteiger partial charge in [-0.1, -0.05) is 11.6 Å². The molecule has 0 saturated heterocycles. The Morgan fingerprint density at radius 3 is 2.75 bits per heavy atom. The SMILES string of the molecule is C/C(O)=C(\C#N)C(=O)Nc1ccc(Cl)cn1. The molecule has 1 aromatic heterocycles. The van der Waals surface area contributed by atoms with Crippen molar-refractivity contribution in [3.05, 3.63) is 34.7 Å². The second-order valence-electron chi connectivity index (χ2n) is 2.89. The number of nitriles is 1. The minimum Gasteiger partial charge on any atom is -0.511 e. The van der Waals surface area contributed by atoms with Crippen LogP contribution >= 0.6 is 11.6 Å². The number of halogens is 1. The molecule has 0 aliphatic carbocycles. The van der Waals surface area contributed by atoms with Gasteiger partial charge in [0.25, 0.3) is 5.91 Å². The average molecular weight is 238 g/mol. The third-order valence-corrected chi connectivity index (χ3v) is 1.89. The highest BCUT2D eigenvalue weighted by molar-refractivity contribution is 6.30. The summed E-state index contributed by atoms with van der Waals surface area (Å²) >= 11 is 5.61. The van der Waals surface area contributed by atoms with Gasteiger partial charge in [0.2, 0.25) is 0 Å². The molecule has 0 aromatic carbocycles. The van der Waals surface area contributed by atoms with Crippen molar-refractivity contribution in [1.29, 1.82) is 5.26 Å². The van der Waals surface area contributed by atoms with E-state index in [4.69, 9.17) is 22.0 Å². The molecular weight excluding hydrogens is 230 g/mol. The molecule has 0 bridgehead atoms. The van der Waals surface area contributed by atoms with E-state index >= 15 is 0 Å². The zero-order valence-electron chi connectivity index (χ0n) is 8.36. The quantitative estimate of drug-likeness (QED) is 0.468. The molecule has 2 N–H and O–H groups in total. The van der Waals surface area contributed by atoms with Crippen LogP contribution in [0.15, 0.2) is 29.7 Å². The molecular formula is C10H8ClN3O2. The summed E-state index contributed by atoms with van der Waals surface area (Å²) in [4.78, 5) is 15.3. The van der Waals surface area contributed by atoms with E-state index in [0.717, 1.165) is 0 Å². The number of anilines is 1. The average Bonchev–Trinajstić information content (AvgIpc) is 2.22. The maximum Gasteiger partial charge on any atom is 0.270 e. The molecule has 1 amide bonds. The number of aliphatic hydroxyl groups excluding tert-OH is 1. The van der Waals surface area contributed by atoms with E-state index in [0.29, 0.717) is 5.02 Å². The van der Waals surface area contributed by atoms with E-state index in [1.165, 1.54) is 19.2 Å². The number of aliphatic hydroxyl groups is 1. The van der Waals surface area contributed by atoms with Gasteiger partial charge in [-0.3, -0.25) is 4.79 Å². The summed E-state index contributed by atoms with van der Waals surface area (Å²) in [6, 6.07) is 4.63. The number of hydrogen-bond acceptors (Lipinski definition) is 4. The van der Waals surface area contributed by atoms with Gasteiger partial charge in [-0.05, 0) is 19.1 Å². The fourth-order valence-corrected chi connectivity index (χ4v) is 1.04. The first-order valence-electron chi connectivity index (χ1n) is 4.27. The van der Waals surface area contributed by atoms with Gasteiger partial charge in [-0.25, -0.2) is 4.98 Å². The number of nitrogens with one attached hydrogen (secondary N) is 1. The van der Waals surface area contributed by atoms with Crippen molar-refractivity contribution in [1.82, 2.24) is 4.98 Å². The van der Waals surface area contributed by atoms with Crippen LogP contribution in [0, 0.1) is 11.3 Å². The Morgan fingerprint density at radius 1 is 1.62 bits per heavy atom. The number of rotatable bonds is 2. The van der Waals surface area contributed by atoms with Gasteiger partial charge < -0.3 is 10.4 Å². The van der Waals surface area contributed by atoms with Gasteiger partial charge in [0, 0.05) is 6.20 Å². The van der Waals surface area contributed by atoms with Crippen molar-refractivity contribution in [3.63, 3.8) is 0 Å². The van der Waals surface area contributed by atoms with Crippen LogP contribution < -0.4 is 5.32 Å². The van der Waals surface area contributed by atoms with Crippen LogP contribution in [-0.2, 0) is 4.79 Å². The second-order valence-corrected chi connectivity index (χ2v) is 3.32. The molecule has 1 rings (SSSR count). The van der Waals surface area contributed by atoms with Crippen LogP contribution in [0.2, 0.25) is 5.02 Å². The van der Waals surface area contributed by atoms with Crippen molar-refractivity contribution < 1.29 is 9.90 Å². The summed E-state index contributed by atoms with van der Waals surface area (Å²) in [5.41, 5.74) is -0.350. The van der Waals surface area contributed by atoms with E-state index in [9.17, 15) is 4.79 Å². The minimum absolute atomic E-state index is 0.253. The number of amides is 1. The van der Waals surface area contributed by atoms with E-state index in [-0.39, 0.29) is 17.2 Å². The number of pyridine rings is 1. The summed E-state index contributed by atoms with van der Waals surface area (Å²) in [6.45, 7) is 1.26. The smallest absolute Gasteiger partial charge is 0.270 e. The molecule has 0 atom stereocenters.